The lowest BCUT2D eigenvalue weighted by Gasteiger charge is -2.48. The van der Waals surface area contributed by atoms with Crippen molar-refractivity contribution in [1.29, 1.82) is 0 Å². The predicted octanol–water partition coefficient (Wildman–Crippen LogP) is 4.82. The molecular weight excluding hydrogens is 356 g/mol. The monoisotopic (exact) mass is 392 g/mol. The van der Waals surface area contributed by atoms with E-state index in [1.807, 2.05) is 0 Å². The van der Waals surface area contributed by atoms with E-state index in [9.17, 15) is 4.79 Å². The first-order chi connectivity index (χ1) is 14.1. The van der Waals surface area contributed by atoms with Gasteiger partial charge in [0.2, 0.25) is 5.91 Å². The number of hydrogen-bond donors (Lipinski definition) is 1. The Bertz CT molecular complexity index is 809. The van der Waals surface area contributed by atoms with Gasteiger partial charge in [-0.25, -0.2) is 0 Å². The van der Waals surface area contributed by atoms with E-state index in [4.69, 9.17) is 0 Å². The molecule has 1 aromatic rings. The minimum absolute atomic E-state index is 0.0909. The van der Waals surface area contributed by atoms with Gasteiger partial charge in [0.15, 0.2) is 0 Å². The van der Waals surface area contributed by atoms with Crippen LogP contribution in [-0.4, -0.2) is 30.4 Å². The molecule has 0 bridgehead atoms. The number of benzene rings is 1. The first-order valence-electron chi connectivity index (χ1n) is 12.2. The van der Waals surface area contributed by atoms with Crippen molar-refractivity contribution in [2.45, 2.75) is 76.2 Å². The summed E-state index contributed by atoms with van der Waals surface area (Å²) in [5, 5.41) is 3.19. The Labute approximate surface area is 175 Å². The molecule has 1 aromatic carbocycles. The average Bonchev–Trinajstić information content (AvgIpc) is 3.38. The maximum absolute atomic E-state index is 11.7. The Balaban J connectivity index is 1.08. The van der Waals surface area contributed by atoms with Gasteiger partial charge in [-0.15, -0.1) is 0 Å². The summed E-state index contributed by atoms with van der Waals surface area (Å²) in [5.74, 6) is 3.39. The lowest BCUT2D eigenvalue weighted by molar-refractivity contribution is -0.119. The standard InChI is InChI=1S/C26H36N2O/c1-18(29)27-24-8-10-25(23-5-3-2-4-21(23)24)11-14-28(15-12-25)13-9-19-16-26-17-20(26)6-7-22(19)26/h2-5,19-20,22,24H,6-17H2,1H3,(H,27,29)/t19?,20?,22?,24-,26?/m0/s1. The second-order valence-electron chi connectivity index (χ2n) is 11.1. The van der Waals surface area contributed by atoms with Crippen LogP contribution < -0.4 is 5.32 Å². The molecule has 5 aliphatic rings. The normalized spacial score (nSPS) is 39.2. The predicted molar refractivity (Wildman–Crippen MR) is 116 cm³/mol. The van der Waals surface area contributed by atoms with E-state index in [0.717, 1.165) is 29.6 Å². The molecule has 2 spiro atoms. The number of nitrogens with one attached hydrogen (secondary N) is 1. The molecule has 3 heteroatoms. The van der Waals surface area contributed by atoms with Crippen LogP contribution >= 0.6 is 0 Å². The highest BCUT2D eigenvalue weighted by Gasteiger charge is 2.70. The Morgan fingerprint density at radius 3 is 2.69 bits per heavy atom. The molecule has 1 aliphatic heterocycles. The van der Waals surface area contributed by atoms with Gasteiger partial charge in [0.1, 0.15) is 0 Å². The zero-order valence-electron chi connectivity index (χ0n) is 18.0. The molecule has 4 fully saturated rings. The molecule has 1 heterocycles. The minimum Gasteiger partial charge on any atom is -0.350 e. The fourth-order valence-electron chi connectivity index (χ4n) is 8.25. The minimum atomic E-state index is 0.0909. The molecule has 1 N–H and O–H groups in total. The van der Waals surface area contributed by atoms with Crippen LogP contribution in [0.5, 0.6) is 0 Å². The molecular formula is C26H36N2O. The number of carbonyl (C=O) groups excluding carboxylic acids is 1. The van der Waals surface area contributed by atoms with Crippen LogP contribution in [0.15, 0.2) is 24.3 Å². The van der Waals surface area contributed by atoms with E-state index in [2.05, 4.69) is 34.5 Å². The molecule has 3 saturated carbocycles. The van der Waals surface area contributed by atoms with Crippen LogP contribution in [0.25, 0.3) is 0 Å². The number of likely N-dealkylation sites (tertiary alicyclic amines) is 1. The fraction of sp³-hybridized carbons (Fsp3) is 0.731. The van der Waals surface area contributed by atoms with Gasteiger partial charge >= 0.3 is 0 Å². The molecule has 1 amide bonds. The Hall–Kier alpha value is -1.35. The summed E-state index contributed by atoms with van der Waals surface area (Å²) < 4.78 is 0. The summed E-state index contributed by atoms with van der Waals surface area (Å²) in [6.45, 7) is 5.48. The van der Waals surface area contributed by atoms with E-state index in [0.29, 0.717) is 5.41 Å². The van der Waals surface area contributed by atoms with Crippen LogP contribution in [0.1, 0.15) is 81.9 Å². The van der Waals surface area contributed by atoms with Crippen LogP contribution in [-0.2, 0) is 10.2 Å². The largest absolute Gasteiger partial charge is 0.350 e. The third-order valence-electron chi connectivity index (χ3n) is 9.88. The first-order valence-corrected chi connectivity index (χ1v) is 12.2. The van der Waals surface area contributed by atoms with Gasteiger partial charge in [0, 0.05) is 6.92 Å². The Kier molecular flexibility index (Phi) is 4.18. The average molecular weight is 393 g/mol. The van der Waals surface area contributed by atoms with E-state index < -0.39 is 0 Å². The Morgan fingerprint density at radius 1 is 1.10 bits per heavy atom. The van der Waals surface area contributed by atoms with Crippen LogP contribution in [0.4, 0.5) is 0 Å². The zero-order chi connectivity index (χ0) is 19.6. The van der Waals surface area contributed by atoms with E-state index in [-0.39, 0.29) is 11.9 Å². The smallest absolute Gasteiger partial charge is 0.217 e. The lowest BCUT2D eigenvalue weighted by Crippen LogP contribution is -2.47. The van der Waals surface area contributed by atoms with Crippen molar-refractivity contribution in [3.63, 3.8) is 0 Å². The third-order valence-corrected chi connectivity index (χ3v) is 9.88. The summed E-state index contributed by atoms with van der Waals surface area (Å²) in [6, 6.07) is 9.14. The number of hydrogen-bond acceptors (Lipinski definition) is 2. The van der Waals surface area contributed by atoms with Crippen molar-refractivity contribution in [3.05, 3.63) is 35.4 Å². The van der Waals surface area contributed by atoms with Crippen LogP contribution in [0.2, 0.25) is 0 Å². The molecule has 5 atom stereocenters. The maximum Gasteiger partial charge on any atom is 0.217 e. The van der Waals surface area contributed by atoms with E-state index in [1.165, 1.54) is 56.4 Å². The molecule has 1 saturated heterocycles. The van der Waals surface area contributed by atoms with Crippen molar-refractivity contribution >= 4 is 5.91 Å². The molecule has 0 aromatic heterocycles. The van der Waals surface area contributed by atoms with Crippen molar-refractivity contribution < 1.29 is 4.79 Å². The number of carbonyl (C=O) groups is 1. The first kappa shape index (κ1) is 18.4. The topological polar surface area (TPSA) is 32.3 Å². The van der Waals surface area contributed by atoms with E-state index >= 15 is 0 Å². The van der Waals surface area contributed by atoms with Gasteiger partial charge in [0.25, 0.3) is 0 Å². The number of rotatable bonds is 4. The highest BCUT2D eigenvalue weighted by atomic mass is 16.1. The molecule has 3 nitrogen and oxygen atoms in total. The number of fused-ring (bicyclic) bond motifs is 2. The van der Waals surface area contributed by atoms with Gasteiger partial charge in [-0.05, 0) is 117 Å². The highest BCUT2D eigenvalue weighted by molar-refractivity contribution is 5.73. The lowest BCUT2D eigenvalue weighted by atomic mass is 9.61. The quantitative estimate of drug-likeness (QED) is 0.797. The second kappa shape index (κ2) is 6.57. The summed E-state index contributed by atoms with van der Waals surface area (Å²) in [6.07, 6.45) is 12.6. The van der Waals surface area contributed by atoms with Gasteiger partial charge in [-0.2, -0.15) is 0 Å². The molecule has 4 aliphatic carbocycles. The Morgan fingerprint density at radius 2 is 1.93 bits per heavy atom. The molecule has 4 unspecified atom stereocenters. The van der Waals surface area contributed by atoms with Crippen LogP contribution in [0, 0.1) is 23.2 Å². The summed E-state index contributed by atoms with van der Waals surface area (Å²) >= 11 is 0. The molecule has 6 rings (SSSR count). The zero-order valence-corrected chi connectivity index (χ0v) is 18.0. The van der Waals surface area contributed by atoms with Crippen molar-refractivity contribution in [1.82, 2.24) is 10.2 Å². The molecule has 0 radical (unpaired) electrons. The molecule has 156 valence electrons. The fourth-order valence-corrected chi connectivity index (χ4v) is 8.25. The highest BCUT2D eigenvalue weighted by Crippen LogP contribution is 2.78. The number of piperidine rings is 1. The second-order valence-corrected chi connectivity index (χ2v) is 11.1. The van der Waals surface area contributed by atoms with Gasteiger partial charge < -0.3 is 10.2 Å². The number of nitrogens with zero attached hydrogens (tertiary/aromatic N) is 1. The van der Waals surface area contributed by atoms with E-state index in [1.54, 1.807) is 32.6 Å². The summed E-state index contributed by atoms with van der Waals surface area (Å²) in [5.41, 5.74) is 4.13. The van der Waals surface area contributed by atoms with Gasteiger partial charge in [-0.3, -0.25) is 4.79 Å². The summed E-state index contributed by atoms with van der Waals surface area (Å²) in [7, 11) is 0. The van der Waals surface area contributed by atoms with Gasteiger partial charge in [-0.1, -0.05) is 24.3 Å². The van der Waals surface area contributed by atoms with Crippen molar-refractivity contribution in [2.24, 2.45) is 23.2 Å². The maximum atomic E-state index is 11.7. The van der Waals surface area contributed by atoms with Crippen molar-refractivity contribution in [3.8, 4) is 0 Å². The SMILES string of the molecule is CC(=O)N[C@H]1CCC2(CCN(CCC3CC45CC4CCC35)CC2)c2ccccc21. The van der Waals surface area contributed by atoms with Crippen molar-refractivity contribution in [2.75, 3.05) is 19.6 Å². The van der Waals surface area contributed by atoms with Gasteiger partial charge in [0.05, 0.1) is 6.04 Å². The third kappa shape index (κ3) is 2.83. The van der Waals surface area contributed by atoms with Crippen LogP contribution in [0.3, 0.4) is 0 Å². The molecule has 29 heavy (non-hydrogen) atoms. The number of amides is 1. The summed E-state index contributed by atoms with van der Waals surface area (Å²) in [4.78, 5) is 14.4.